The molecule has 0 saturated carbocycles. The maximum Gasteiger partial charge on any atom is 0.127 e. The largest absolute Gasteiger partial charge is 0.330 e. The van der Waals surface area contributed by atoms with Crippen LogP contribution in [0, 0.1) is 0 Å². The Labute approximate surface area is 92.8 Å². The average Bonchev–Trinajstić information content (AvgIpc) is 2.46. The molecule has 1 aromatic heterocycles. The van der Waals surface area contributed by atoms with E-state index in [9.17, 15) is 0 Å². The fourth-order valence-electron chi connectivity index (χ4n) is 2.23. The molecule has 0 fully saturated rings. The van der Waals surface area contributed by atoms with Gasteiger partial charge in [0, 0.05) is 12.5 Å². The van der Waals surface area contributed by atoms with Gasteiger partial charge in [-0.2, -0.15) is 0 Å². The molecule has 1 aromatic rings. The normalized spacial score (nSPS) is 20.9. The van der Waals surface area contributed by atoms with Crippen LogP contribution in [0.1, 0.15) is 37.3 Å². The summed E-state index contributed by atoms with van der Waals surface area (Å²) in [5.74, 6) is 1.14. The van der Waals surface area contributed by atoms with Crippen molar-refractivity contribution in [3.63, 3.8) is 0 Å². The fourth-order valence-corrected chi connectivity index (χ4v) is 2.82. The maximum atomic E-state index is 5.58. The van der Waals surface area contributed by atoms with E-state index < -0.39 is 0 Å². The molecule has 1 atom stereocenters. The number of imidazole rings is 1. The van der Waals surface area contributed by atoms with Crippen molar-refractivity contribution in [2.24, 2.45) is 5.73 Å². The standard InChI is InChI=1S/C10H16BrN3/c1-7-3-2-4-8-10(11)13-9(5-6-12)14(7)8/h7H,2-6,12H2,1H3. The molecular weight excluding hydrogens is 242 g/mol. The van der Waals surface area contributed by atoms with E-state index in [1.54, 1.807) is 0 Å². The number of fused-ring (bicyclic) bond motifs is 1. The van der Waals surface area contributed by atoms with Crippen molar-refractivity contribution in [2.45, 2.75) is 38.6 Å². The predicted octanol–water partition coefficient (Wildman–Crippen LogP) is 2.04. The lowest BCUT2D eigenvalue weighted by molar-refractivity contribution is 0.418. The molecule has 0 bridgehead atoms. The summed E-state index contributed by atoms with van der Waals surface area (Å²) >= 11 is 3.53. The molecule has 0 aliphatic carbocycles. The Morgan fingerprint density at radius 1 is 1.64 bits per heavy atom. The van der Waals surface area contributed by atoms with Crippen LogP contribution in [0.25, 0.3) is 0 Å². The Bertz CT molecular complexity index is 332. The summed E-state index contributed by atoms with van der Waals surface area (Å²) in [6, 6.07) is 0.582. The zero-order valence-corrected chi connectivity index (χ0v) is 10.0. The van der Waals surface area contributed by atoms with Gasteiger partial charge in [0.2, 0.25) is 0 Å². The van der Waals surface area contributed by atoms with Gasteiger partial charge in [0.25, 0.3) is 0 Å². The first-order chi connectivity index (χ1) is 6.74. The molecule has 78 valence electrons. The van der Waals surface area contributed by atoms with Crippen molar-refractivity contribution >= 4 is 15.9 Å². The summed E-state index contributed by atoms with van der Waals surface area (Å²) in [5, 5.41) is 0. The maximum absolute atomic E-state index is 5.58. The molecule has 1 aliphatic heterocycles. The van der Waals surface area contributed by atoms with E-state index in [0.29, 0.717) is 12.6 Å². The molecule has 2 rings (SSSR count). The Kier molecular flexibility index (Phi) is 2.93. The van der Waals surface area contributed by atoms with Crippen LogP contribution in [-0.4, -0.2) is 16.1 Å². The average molecular weight is 258 g/mol. The van der Waals surface area contributed by atoms with Crippen molar-refractivity contribution in [2.75, 3.05) is 6.54 Å². The second kappa shape index (κ2) is 4.03. The number of hydrogen-bond donors (Lipinski definition) is 1. The summed E-state index contributed by atoms with van der Waals surface area (Å²) in [6.07, 6.45) is 4.55. The number of nitrogens with two attached hydrogens (primary N) is 1. The fraction of sp³-hybridized carbons (Fsp3) is 0.700. The van der Waals surface area contributed by atoms with Crippen LogP contribution >= 0.6 is 15.9 Å². The SMILES string of the molecule is CC1CCCc2c(Br)nc(CCN)n21. The van der Waals surface area contributed by atoms with Crippen LogP contribution in [-0.2, 0) is 12.8 Å². The Morgan fingerprint density at radius 2 is 2.43 bits per heavy atom. The third-order valence-electron chi connectivity index (χ3n) is 2.88. The minimum Gasteiger partial charge on any atom is -0.330 e. The Hall–Kier alpha value is -0.350. The minimum absolute atomic E-state index is 0.582. The van der Waals surface area contributed by atoms with Crippen LogP contribution in [0.2, 0.25) is 0 Å². The topological polar surface area (TPSA) is 43.8 Å². The molecule has 0 amide bonds. The predicted molar refractivity (Wildman–Crippen MR) is 60.3 cm³/mol. The van der Waals surface area contributed by atoms with Crippen LogP contribution in [0.15, 0.2) is 4.60 Å². The van der Waals surface area contributed by atoms with Crippen molar-refractivity contribution in [3.05, 3.63) is 16.1 Å². The van der Waals surface area contributed by atoms with Gasteiger partial charge in [0.15, 0.2) is 0 Å². The van der Waals surface area contributed by atoms with E-state index in [1.807, 2.05) is 0 Å². The highest BCUT2D eigenvalue weighted by Gasteiger charge is 2.22. The van der Waals surface area contributed by atoms with Gasteiger partial charge in [-0.05, 0) is 48.7 Å². The second-order valence-corrected chi connectivity index (χ2v) is 4.67. The molecule has 0 radical (unpaired) electrons. The first kappa shape index (κ1) is 10.2. The van der Waals surface area contributed by atoms with Crippen molar-refractivity contribution in [3.8, 4) is 0 Å². The van der Waals surface area contributed by atoms with Gasteiger partial charge >= 0.3 is 0 Å². The molecule has 0 spiro atoms. The van der Waals surface area contributed by atoms with Crippen molar-refractivity contribution in [1.82, 2.24) is 9.55 Å². The summed E-state index contributed by atoms with van der Waals surface area (Å²) in [5.41, 5.74) is 6.93. The zero-order chi connectivity index (χ0) is 10.1. The molecule has 2 heterocycles. The molecular formula is C10H16BrN3. The highest BCUT2D eigenvalue weighted by atomic mass is 79.9. The van der Waals surface area contributed by atoms with Gasteiger partial charge in [0.1, 0.15) is 10.4 Å². The third kappa shape index (κ3) is 1.61. The summed E-state index contributed by atoms with van der Waals surface area (Å²) in [6.45, 7) is 2.94. The Balaban J connectivity index is 2.42. The molecule has 1 aliphatic rings. The van der Waals surface area contributed by atoms with Gasteiger partial charge in [-0.3, -0.25) is 0 Å². The third-order valence-corrected chi connectivity index (χ3v) is 3.51. The lowest BCUT2D eigenvalue weighted by Gasteiger charge is -2.24. The first-order valence-corrected chi connectivity index (χ1v) is 5.99. The lowest BCUT2D eigenvalue weighted by atomic mass is 10.0. The van der Waals surface area contributed by atoms with Crippen molar-refractivity contribution in [1.29, 1.82) is 0 Å². The number of rotatable bonds is 2. The van der Waals surface area contributed by atoms with E-state index in [2.05, 4.69) is 32.4 Å². The van der Waals surface area contributed by atoms with Crippen LogP contribution in [0.3, 0.4) is 0 Å². The Morgan fingerprint density at radius 3 is 3.14 bits per heavy atom. The molecule has 4 heteroatoms. The number of halogens is 1. The minimum atomic E-state index is 0.582. The zero-order valence-electron chi connectivity index (χ0n) is 8.46. The second-order valence-electron chi connectivity index (χ2n) is 3.92. The highest BCUT2D eigenvalue weighted by Crippen LogP contribution is 2.31. The van der Waals surface area contributed by atoms with E-state index in [-0.39, 0.29) is 0 Å². The summed E-state index contributed by atoms with van der Waals surface area (Å²) in [7, 11) is 0. The highest BCUT2D eigenvalue weighted by molar-refractivity contribution is 9.10. The monoisotopic (exact) mass is 257 g/mol. The van der Waals surface area contributed by atoms with Crippen LogP contribution < -0.4 is 5.73 Å². The van der Waals surface area contributed by atoms with E-state index >= 15 is 0 Å². The molecule has 0 saturated heterocycles. The van der Waals surface area contributed by atoms with Gasteiger partial charge < -0.3 is 10.3 Å². The van der Waals surface area contributed by atoms with E-state index in [4.69, 9.17) is 5.73 Å². The molecule has 0 aromatic carbocycles. The molecule has 3 nitrogen and oxygen atoms in total. The molecule has 1 unspecified atom stereocenters. The van der Waals surface area contributed by atoms with Gasteiger partial charge in [0.05, 0.1) is 5.69 Å². The van der Waals surface area contributed by atoms with E-state index in [0.717, 1.165) is 23.3 Å². The smallest absolute Gasteiger partial charge is 0.127 e. The summed E-state index contributed by atoms with van der Waals surface area (Å²) < 4.78 is 3.38. The quantitative estimate of drug-likeness (QED) is 0.882. The number of aromatic nitrogens is 2. The van der Waals surface area contributed by atoms with Gasteiger partial charge in [-0.15, -0.1) is 0 Å². The number of hydrogen-bond acceptors (Lipinski definition) is 2. The van der Waals surface area contributed by atoms with Crippen LogP contribution in [0.5, 0.6) is 0 Å². The summed E-state index contributed by atoms with van der Waals surface area (Å²) in [4.78, 5) is 4.53. The number of nitrogens with zero attached hydrogens (tertiary/aromatic N) is 2. The molecule has 14 heavy (non-hydrogen) atoms. The van der Waals surface area contributed by atoms with Crippen LogP contribution in [0.4, 0.5) is 0 Å². The lowest BCUT2D eigenvalue weighted by Crippen LogP contribution is -2.19. The first-order valence-electron chi connectivity index (χ1n) is 5.19. The van der Waals surface area contributed by atoms with Crippen molar-refractivity contribution < 1.29 is 0 Å². The van der Waals surface area contributed by atoms with Gasteiger partial charge in [-0.25, -0.2) is 4.98 Å². The van der Waals surface area contributed by atoms with Gasteiger partial charge in [-0.1, -0.05) is 0 Å². The van der Waals surface area contributed by atoms with E-state index in [1.165, 1.54) is 18.5 Å². The molecule has 2 N–H and O–H groups in total.